The van der Waals surface area contributed by atoms with Crippen molar-refractivity contribution >= 4 is 0 Å². The highest BCUT2D eigenvalue weighted by atomic mass is 16.5. The van der Waals surface area contributed by atoms with Crippen molar-refractivity contribution in [3.63, 3.8) is 0 Å². The summed E-state index contributed by atoms with van der Waals surface area (Å²) in [5, 5.41) is 0. The van der Waals surface area contributed by atoms with Gasteiger partial charge in [-0.25, -0.2) is 0 Å². The monoisotopic (exact) mass is 262 g/mol. The topological polar surface area (TPSA) is 18.5 Å². The van der Waals surface area contributed by atoms with Crippen LogP contribution in [0.4, 0.5) is 0 Å². The van der Waals surface area contributed by atoms with E-state index in [-0.39, 0.29) is 11.2 Å². The molecule has 0 aromatic heterocycles. The van der Waals surface area contributed by atoms with Crippen LogP contribution in [-0.2, 0) is 15.1 Å². The van der Waals surface area contributed by atoms with E-state index in [1.807, 2.05) is 18.2 Å². The molecule has 0 N–H and O–H groups in total. The van der Waals surface area contributed by atoms with Gasteiger partial charge in [0.25, 0.3) is 0 Å². The molecule has 0 aliphatic carbocycles. The molecule has 0 bridgehead atoms. The highest BCUT2D eigenvalue weighted by molar-refractivity contribution is 5.20. The van der Waals surface area contributed by atoms with E-state index in [0.29, 0.717) is 13.2 Å². The predicted octanol–water partition coefficient (Wildman–Crippen LogP) is 4.31. The van der Waals surface area contributed by atoms with Gasteiger partial charge in [-0.1, -0.05) is 36.4 Å². The Balaban J connectivity index is 2.46. The van der Waals surface area contributed by atoms with Gasteiger partial charge in [0, 0.05) is 0 Å². The van der Waals surface area contributed by atoms with Crippen LogP contribution in [0.5, 0.6) is 0 Å². The molecule has 0 spiro atoms. The Morgan fingerprint density at radius 3 is 2.26 bits per heavy atom. The zero-order chi connectivity index (χ0) is 14.4. The zero-order valence-electron chi connectivity index (χ0n) is 12.6. The first-order valence-electron chi connectivity index (χ1n) is 6.82. The summed E-state index contributed by atoms with van der Waals surface area (Å²) in [6.07, 6.45) is 2.63. The Kier molecular flexibility index (Phi) is 5.77. The minimum atomic E-state index is -0.268. The first-order chi connectivity index (χ1) is 8.87. The molecular weight excluding hydrogens is 236 g/mol. The number of benzene rings is 1. The summed E-state index contributed by atoms with van der Waals surface area (Å²) >= 11 is 0. The van der Waals surface area contributed by atoms with Crippen molar-refractivity contribution in [2.45, 2.75) is 45.3 Å². The molecule has 0 fully saturated rings. The molecule has 2 heteroatoms. The van der Waals surface area contributed by atoms with Gasteiger partial charge < -0.3 is 9.47 Å². The summed E-state index contributed by atoms with van der Waals surface area (Å²) in [5.74, 6) is 0. The highest BCUT2D eigenvalue weighted by Crippen LogP contribution is 2.25. The lowest BCUT2D eigenvalue weighted by molar-refractivity contribution is -0.0682. The fraction of sp³-hybridized carbons (Fsp3) is 0.529. The third kappa shape index (κ3) is 5.58. The summed E-state index contributed by atoms with van der Waals surface area (Å²) in [5.41, 5.74) is 0.747. The van der Waals surface area contributed by atoms with E-state index in [2.05, 4.69) is 46.4 Å². The van der Waals surface area contributed by atoms with E-state index in [9.17, 15) is 0 Å². The molecule has 0 unspecified atom stereocenters. The molecule has 0 aliphatic heterocycles. The van der Waals surface area contributed by atoms with Gasteiger partial charge in [-0.3, -0.25) is 0 Å². The zero-order valence-corrected chi connectivity index (χ0v) is 12.6. The first-order valence-corrected chi connectivity index (χ1v) is 6.82. The van der Waals surface area contributed by atoms with Crippen molar-refractivity contribution in [1.82, 2.24) is 0 Å². The molecule has 2 nitrogen and oxygen atoms in total. The van der Waals surface area contributed by atoms with E-state index in [0.717, 1.165) is 6.42 Å². The maximum Gasteiger partial charge on any atom is 0.0875 e. The van der Waals surface area contributed by atoms with Crippen LogP contribution >= 0.6 is 0 Å². The Morgan fingerprint density at radius 2 is 1.68 bits per heavy atom. The fourth-order valence-corrected chi connectivity index (χ4v) is 1.83. The molecule has 106 valence electrons. The maximum absolute atomic E-state index is 6.03. The lowest BCUT2D eigenvalue weighted by Crippen LogP contribution is -2.29. The fourth-order valence-electron chi connectivity index (χ4n) is 1.83. The summed E-state index contributed by atoms with van der Waals surface area (Å²) in [4.78, 5) is 0. The molecule has 0 amide bonds. The summed E-state index contributed by atoms with van der Waals surface area (Å²) in [6.45, 7) is 13.3. The molecule has 0 heterocycles. The first kappa shape index (κ1) is 15.9. The maximum atomic E-state index is 6.03. The van der Waals surface area contributed by atoms with Crippen LogP contribution in [0.25, 0.3) is 0 Å². The molecule has 1 aromatic rings. The molecule has 0 radical (unpaired) electrons. The van der Waals surface area contributed by atoms with Gasteiger partial charge in [-0.2, -0.15) is 0 Å². The standard InChI is InChI=1S/C17H26O2/c1-6-13-18-16(2,3)12-14-19-17(4,5)15-10-8-7-9-11-15/h6-11H,1,12-14H2,2-5H3. The number of ether oxygens (including phenoxy) is 2. The Morgan fingerprint density at radius 1 is 1.05 bits per heavy atom. The molecule has 1 rings (SSSR count). The van der Waals surface area contributed by atoms with Crippen molar-refractivity contribution in [3.8, 4) is 0 Å². The van der Waals surface area contributed by atoms with Gasteiger partial charge in [0.1, 0.15) is 0 Å². The number of hydrogen-bond acceptors (Lipinski definition) is 2. The number of hydrogen-bond donors (Lipinski definition) is 0. The molecule has 0 saturated heterocycles. The summed E-state index contributed by atoms with van der Waals surface area (Å²) in [6, 6.07) is 10.3. The van der Waals surface area contributed by atoms with Crippen LogP contribution in [0.3, 0.4) is 0 Å². The van der Waals surface area contributed by atoms with Crippen molar-refractivity contribution in [1.29, 1.82) is 0 Å². The van der Waals surface area contributed by atoms with Crippen LogP contribution in [0.15, 0.2) is 43.0 Å². The lowest BCUT2D eigenvalue weighted by atomic mass is 9.98. The third-order valence-corrected chi connectivity index (χ3v) is 3.23. The van der Waals surface area contributed by atoms with Gasteiger partial charge in [-0.05, 0) is 39.7 Å². The van der Waals surface area contributed by atoms with Gasteiger partial charge in [0.15, 0.2) is 0 Å². The third-order valence-electron chi connectivity index (χ3n) is 3.23. The van der Waals surface area contributed by atoms with Crippen molar-refractivity contribution in [2.24, 2.45) is 0 Å². The molecule has 0 aliphatic rings. The van der Waals surface area contributed by atoms with E-state index in [1.165, 1.54) is 5.56 Å². The molecule has 1 aromatic carbocycles. The van der Waals surface area contributed by atoms with E-state index >= 15 is 0 Å². The van der Waals surface area contributed by atoms with Crippen LogP contribution in [0.2, 0.25) is 0 Å². The molecular formula is C17H26O2. The van der Waals surface area contributed by atoms with Crippen LogP contribution in [-0.4, -0.2) is 18.8 Å². The largest absolute Gasteiger partial charge is 0.371 e. The van der Waals surface area contributed by atoms with Crippen LogP contribution < -0.4 is 0 Å². The minimum Gasteiger partial charge on any atom is -0.371 e. The minimum absolute atomic E-state index is 0.180. The van der Waals surface area contributed by atoms with Gasteiger partial charge in [0.2, 0.25) is 0 Å². The Hall–Kier alpha value is -1.12. The SMILES string of the molecule is C=CCOC(C)(C)CCOC(C)(C)c1ccccc1. The summed E-state index contributed by atoms with van der Waals surface area (Å²) in [7, 11) is 0. The van der Waals surface area contributed by atoms with Gasteiger partial charge in [-0.15, -0.1) is 6.58 Å². The van der Waals surface area contributed by atoms with Crippen molar-refractivity contribution in [2.75, 3.05) is 13.2 Å². The lowest BCUT2D eigenvalue weighted by Gasteiger charge is -2.29. The van der Waals surface area contributed by atoms with E-state index in [4.69, 9.17) is 9.47 Å². The molecule has 0 atom stereocenters. The van der Waals surface area contributed by atoms with E-state index < -0.39 is 0 Å². The van der Waals surface area contributed by atoms with Crippen LogP contribution in [0, 0.1) is 0 Å². The Bertz CT molecular complexity index is 380. The predicted molar refractivity (Wildman–Crippen MR) is 80.3 cm³/mol. The number of rotatable bonds is 8. The second kappa shape index (κ2) is 6.88. The average molecular weight is 262 g/mol. The van der Waals surface area contributed by atoms with Crippen molar-refractivity contribution in [3.05, 3.63) is 48.6 Å². The smallest absolute Gasteiger partial charge is 0.0875 e. The molecule has 19 heavy (non-hydrogen) atoms. The Labute approximate surface area is 117 Å². The highest BCUT2D eigenvalue weighted by Gasteiger charge is 2.23. The van der Waals surface area contributed by atoms with Crippen LogP contribution in [0.1, 0.15) is 39.7 Å². The van der Waals surface area contributed by atoms with Gasteiger partial charge in [0.05, 0.1) is 24.4 Å². The van der Waals surface area contributed by atoms with Crippen molar-refractivity contribution < 1.29 is 9.47 Å². The second-order valence-electron chi connectivity index (χ2n) is 5.83. The van der Waals surface area contributed by atoms with E-state index in [1.54, 1.807) is 6.08 Å². The normalized spacial score (nSPS) is 12.4. The van der Waals surface area contributed by atoms with Gasteiger partial charge >= 0.3 is 0 Å². The average Bonchev–Trinajstić information content (AvgIpc) is 2.37. The second-order valence-corrected chi connectivity index (χ2v) is 5.83. The summed E-state index contributed by atoms with van der Waals surface area (Å²) < 4.78 is 11.7. The molecule has 0 saturated carbocycles. The quantitative estimate of drug-likeness (QED) is 0.650.